The fourth-order valence-corrected chi connectivity index (χ4v) is 3.66. The quantitative estimate of drug-likeness (QED) is 0.564. The molecule has 4 rings (SSSR count). The van der Waals surface area contributed by atoms with Gasteiger partial charge in [0.2, 0.25) is 5.91 Å². The van der Waals surface area contributed by atoms with Crippen LogP contribution in [0.15, 0.2) is 30.9 Å². The Bertz CT molecular complexity index is 993. The van der Waals surface area contributed by atoms with E-state index in [1.807, 2.05) is 0 Å². The standard InChI is InChI=1S/C18H19Cl2N7O2/c19-11-3-12(20)5-13(4-11)21-6-15(28)27-1-2-29-8-14(7-27)26-18-16-17(23-9-22-16)24-10-25-18/h3-5,9-10,14,21H,1-2,6-8H2,(H2,22,23,24,25,26). The monoisotopic (exact) mass is 435 g/mol. The maximum Gasteiger partial charge on any atom is 0.242 e. The summed E-state index contributed by atoms with van der Waals surface area (Å²) >= 11 is 12.0. The van der Waals surface area contributed by atoms with Gasteiger partial charge >= 0.3 is 0 Å². The van der Waals surface area contributed by atoms with E-state index in [0.29, 0.717) is 59.0 Å². The highest BCUT2D eigenvalue weighted by Gasteiger charge is 2.23. The summed E-state index contributed by atoms with van der Waals surface area (Å²) in [4.78, 5) is 30.1. The maximum atomic E-state index is 12.7. The van der Waals surface area contributed by atoms with E-state index < -0.39 is 0 Å². The third-order valence-electron chi connectivity index (χ3n) is 4.48. The first-order valence-corrected chi connectivity index (χ1v) is 9.80. The number of carbonyl (C=O) groups is 1. The molecule has 152 valence electrons. The Balaban J connectivity index is 1.39. The van der Waals surface area contributed by atoms with Crippen molar-refractivity contribution >= 4 is 51.8 Å². The average Bonchev–Trinajstić information content (AvgIpc) is 3.05. The number of nitrogens with one attached hydrogen (secondary N) is 3. The SMILES string of the molecule is O=C(CNc1cc(Cl)cc(Cl)c1)N1CCOCC(Nc2ncnc3[nH]cnc23)C1. The van der Waals surface area contributed by atoms with E-state index in [0.717, 1.165) is 0 Å². The third kappa shape index (κ3) is 4.87. The number of ether oxygens (including phenoxy) is 1. The van der Waals surface area contributed by atoms with Gasteiger partial charge in [0, 0.05) is 28.8 Å². The van der Waals surface area contributed by atoms with Gasteiger partial charge in [-0.05, 0) is 18.2 Å². The van der Waals surface area contributed by atoms with E-state index in [4.69, 9.17) is 27.9 Å². The van der Waals surface area contributed by atoms with E-state index in [-0.39, 0.29) is 18.5 Å². The number of carbonyl (C=O) groups excluding carboxylic acids is 1. The predicted molar refractivity (Wildman–Crippen MR) is 111 cm³/mol. The number of hydrogen-bond donors (Lipinski definition) is 3. The van der Waals surface area contributed by atoms with Crippen LogP contribution in [0.5, 0.6) is 0 Å². The molecule has 1 saturated heterocycles. The van der Waals surface area contributed by atoms with Crippen molar-refractivity contribution in [2.45, 2.75) is 6.04 Å². The number of rotatable bonds is 5. The van der Waals surface area contributed by atoms with Gasteiger partial charge < -0.3 is 25.3 Å². The fourth-order valence-electron chi connectivity index (χ4n) is 3.13. The van der Waals surface area contributed by atoms with Crippen LogP contribution in [0.1, 0.15) is 0 Å². The van der Waals surface area contributed by atoms with Crippen molar-refractivity contribution in [3.63, 3.8) is 0 Å². The topological polar surface area (TPSA) is 108 Å². The predicted octanol–water partition coefficient (Wildman–Crippen LogP) is 2.41. The van der Waals surface area contributed by atoms with Crippen molar-refractivity contribution in [2.75, 3.05) is 43.5 Å². The molecule has 1 aliphatic rings. The van der Waals surface area contributed by atoms with Gasteiger partial charge in [-0.15, -0.1) is 0 Å². The Kier molecular flexibility index (Phi) is 5.98. The number of benzene rings is 1. The molecule has 0 aliphatic carbocycles. The van der Waals surface area contributed by atoms with E-state index in [1.54, 1.807) is 29.4 Å². The summed E-state index contributed by atoms with van der Waals surface area (Å²) in [5, 5.41) is 7.41. The molecule has 11 heteroatoms. The van der Waals surface area contributed by atoms with Gasteiger partial charge in [-0.1, -0.05) is 23.2 Å². The van der Waals surface area contributed by atoms with Crippen molar-refractivity contribution in [1.82, 2.24) is 24.8 Å². The van der Waals surface area contributed by atoms with Crippen LogP contribution in [0.4, 0.5) is 11.5 Å². The molecule has 2 aromatic heterocycles. The lowest BCUT2D eigenvalue weighted by Crippen LogP contribution is -2.43. The zero-order valence-electron chi connectivity index (χ0n) is 15.4. The van der Waals surface area contributed by atoms with Gasteiger partial charge in [-0.3, -0.25) is 4.79 Å². The summed E-state index contributed by atoms with van der Waals surface area (Å²) < 4.78 is 5.66. The van der Waals surface area contributed by atoms with Crippen LogP contribution in [-0.2, 0) is 9.53 Å². The van der Waals surface area contributed by atoms with Crippen molar-refractivity contribution in [2.24, 2.45) is 0 Å². The van der Waals surface area contributed by atoms with Crippen LogP contribution < -0.4 is 10.6 Å². The van der Waals surface area contributed by atoms with Crippen LogP contribution in [0.25, 0.3) is 11.2 Å². The van der Waals surface area contributed by atoms with Gasteiger partial charge in [0.15, 0.2) is 11.5 Å². The Morgan fingerprint density at radius 1 is 1.24 bits per heavy atom. The molecule has 1 atom stereocenters. The Hall–Kier alpha value is -2.62. The molecular formula is C18H19Cl2N7O2. The zero-order chi connectivity index (χ0) is 20.2. The molecule has 0 bridgehead atoms. The van der Waals surface area contributed by atoms with Gasteiger partial charge in [-0.2, -0.15) is 0 Å². The first-order valence-electron chi connectivity index (χ1n) is 9.04. The van der Waals surface area contributed by atoms with E-state index in [2.05, 4.69) is 30.6 Å². The average molecular weight is 436 g/mol. The number of anilines is 2. The van der Waals surface area contributed by atoms with Crippen molar-refractivity contribution in [3.05, 3.63) is 40.9 Å². The number of aromatic amines is 1. The van der Waals surface area contributed by atoms with Crippen LogP contribution in [0.2, 0.25) is 10.0 Å². The minimum atomic E-state index is -0.128. The largest absolute Gasteiger partial charge is 0.377 e. The molecule has 3 heterocycles. The maximum absolute atomic E-state index is 12.7. The number of nitrogens with zero attached hydrogens (tertiary/aromatic N) is 4. The highest BCUT2D eigenvalue weighted by atomic mass is 35.5. The van der Waals surface area contributed by atoms with Crippen LogP contribution in [0, 0.1) is 0 Å². The van der Waals surface area contributed by atoms with Gasteiger partial charge in [0.25, 0.3) is 0 Å². The molecule has 1 unspecified atom stereocenters. The second-order valence-corrected chi connectivity index (χ2v) is 7.46. The molecular weight excluding hydrogens is 417 g/mol. The summed E-state index contributed by atoms with van der Waals surface area (Å²) in [5.41, 5.74) is 1.99. The first kappa shape index (κ1) is 19.7. The molecule has 1 amide bonds. The zero-order valence-corrected chi connectivity index (χ0v) is 16.9. The molecule has 0 radical (unpaired) electrons. The van der Waals surface area contributed by atoms with Crippen molar-refractivity contribution < 1.29 is 9.53 Å². The molecule has 29 heavy (non-hydrogen) atoms. The first-order chi connectivity index (χ1) is 14.1. The number of imidazole rings is 1. The number of H-pyrrole nitrogens is 1. The minimum Gasteiger partial charge on any atom is -0.377 e. The normalized spacial score (nSPS) is 17.2. The summed E-state index contributed by atoms with van der Waals surface area (Å²) in [6.45, 7) is 2.04. The third-order valence-corrected chi connectivity index (χ3v) is 4.92. The number of fused-ring (bicyclic) bond motifs is 1. The summed E-state index contributed by atoms with van der Waals surface area (Å²) in [7, 11) is 0. The molecule has 3 aromatic rings. The summed E-state index contributed by atoms with van der Waals surface area (Å²) in [5.74, 6) is 0.553. The van der Waals surface area contributed by atoms with E-state index in [9.17, 15) is 4.79 Å². The number of aromatic nitrogens is 4. The van der Waals surface area contributed by atoms with Crippen molar-refractivity contribution in [1.29, 1.82) is 0 Å². The molecule has 1 aliphatic heterocycles. The summed E-state index contributed by atoms with van der Waals surface area (Å²) in [6, 6.07) is 4.96. The number of halogens is 2. The lowest BCUT2D eigenvalue weighted by molar-refractivity contribution is -0.129. The lowest BCUT2D eigenvalue weighted by Gasteiger charge is -2.25. The highest BCUT2D eigenvalue weighted by Crippen LogP contribution is 2.22. The van der Waals surface area contributed by atoms with Gasteiger partial charge in [0.05, 0.1) is 32.1 Å². The molecule has 0 saturated carbocycles. The second-order valence-electron chi connectivity index (χ2n) is 6.59. The van der Waals surface area contributed by atoms with Gasteiger partial charge in [-0.25, -0.2) is 15.0 Å². The molecule has 0 spiro atoms. The fraction of sp³-hybridized carbons (Fsp3) is 0.333. The molecule has 9 nitrogen and oxygen atoms in total. The second kappa shape index (κ2) is 8.81. The van der Waals surface area contributed by atoms with Crippen LogP contribution in [-0.4, -0.2) is 69.6 Å². The number of amides is 1. The Morgan fingerprint density at radius 3 is 2.90 bits per heavy atom. The van der Waals surface area contributed by atoms with Gasteiger partial charge in [0.1, 0.15) is 11.8 Å². The van der Waals surface area contributed by atoms with Crippen LogP contribution in [0.3, 0.4) is 0 Å². The number of hydrogen-bond acceptors (Lipinski definition) is 7. The molecule has 1 aromatic carbocycles. The van der Waals surface area contributed by atoms with Crippen LogP contribution >= 0.6 is 23.2 Å². The van der Waals surface area contributed by atoms with E-state index in [1.165, 1.54) is 6.33 Å². The smallest absolute Gasteiger partial charge is 0.242 e. The molecule has 3 N–H and O–H groups in total. The van der Waals surface area contributed by atoms with Crippen molar-refractivity contribution in [3.8, 4) is 0 Å². The lowest BCUT2D eigenvalue weighted by atomic mass is 10.2. The molecule has 1 fully saturated rings. The Labute approximate surface area is 176 Å². The minimum absolute atomic E-state index is 0.0500. The summed E-state index contributed by atoms with van der Waals surface area (Å²) in [6.07, 6.45) is 3.03. The van der Waals surface area contributed by atoms with E-state index >= 15 is 0 Å². The Morgan fingerprint density at radius 2 is 2.07 bits per heavy atom. The highest BCUT2D eigenvalue weighted by molar-refractivity contribution is 6.35.